The average molecular weight is 339 g/mol. The first-order chi connectivity index (χ1) is 9.28. The highest BCUT2D eigenvalue weighted by atomic mass is 35.5. The fourth-order valence-electron chi connectivity index (χ4n) is 2.06. The summed E-state index contributed by atoms with van der Waals surface area (Å²) in [5.74, 6) is 0.433. The van der Waals surface area contributed by atoms with Gasteiger partial charge in [0.2, 0.25) is 0 Å². The zero-order valence-electron chi connectivity index (χ0n) is 13.2. The van der Waals surface area contributed by atoms with Crippen LogP contribution in [0.2, 0.25) is 0 Å². The summed E-state index contributed by atoms with van der Waals surface area (Å²) in [6.45, 7) is 9.00. The summed E-state index contributed by atoms with van der Waals surface area (Å²) in [6.07, 6.45) is 4.41. The standard InChI is InChI=1S/C13H26N4O2S.ClH/c1-5-13(6-2,9-14)16-20(18,19)12-8-17(10-15-12)7-11(3)4;/h8,10-11,16H,5-7,9,14H2,1-4H3;1H. The Morgan fingerprint density at radius 1 is 1.38 bits per heavy atom. The smallest absolute Gasteiger partial charge is 0.260 e. The van der Waals surface area contributed by atoms with Crippen LogP contribution in [0.3, 0.4) is 0 Å². The minimum Gasteiger partial charge on any atom is -0.336 e. The number of imidazole rings is 1. The third kappa shape index (κ3) is 5.25. The average Bonchev–Trinajstić information content (AvgIpc) is 2.84. The van der Waals surface area contributed by atoms with E-state index in [9.17, 15) is 8.42 Å². The highest BCUT2D eigenvalue weighted by Crippen LogP contribution is 2.18. The molecule has 1 aromatic heterocycles. The molecule has 0 spiro atoms. The van der Waals surface area contributed by atoms with Gasteiger partial charge in [0.05, 0.1) is 6.33 Å². The van der Waals surface area contributed by atoms with Crippen LogP contribution in [0.1, 0.15) is 40.5 Å². The largest absolute Gasteiger partial charge is 0.336 e. The van der Waals surface area contributed by atoms with Gasteiger partial charge in [-0.3, -0.25) is 0 Å². The van der Waals surface area contributed by atoms with Crippen LogP contribution >= 0.6 is 12.4 Å². The second-order valence-electron chi connectivity index (χ2n) is 5.60. The van der Waals surface area contributed by atoms with Crippen LogP contribution < -0.4 is 10.5 Å². The van der Waals surface area contributed by atoms with Crippen molar-refractivity contribution in [2.24, 2.45) is 11.7 Å². The number of nitrogens with zero attached hydrogens (tertiary/aromatic N) is 2. The summed E-state index contributed by atoms with van der Waals surface area (Å²) in [6, 6.07) is 0. The van der Waals surface area contributed by atoms with E-state index in [1.54, 1.807) is 17.1 Å². The SMILES string of the molecule is CCC(CC)(CN)NS(=O)(=O)c1cn(CC(C)C)cn1.Cl. The molecule has 124 valence electrons. The molecule has 6 nitrogen and oxygen atoms in total. The number of sulfonamides is 1. The fourth-order valence-corrected chi connectivity index (χ4v) is 3.57. The minimum atomic E-state index is -3.63. The van der Waals surface area contributed by atoms with Crippen LogP contribution in [0.5, 0.6) is 0 Å². The van der Waals surface area contributed by atoms with E-state index in [2.05, 4.69) is 23.6 Å². The summed E-state index contributed by atoms with van der Waals surface area (Å²) in [5, 5.41) is 0.0536. The van der Waals surface area contributed by atoms with Gasteiger partial charge in [-0.1, -0.05) is 27.7 Å². The predicted octanol–water partition coefficient (Wildman–Crippen LogP) is 1.76. The quantitative estimate of drug-likeness (QED) is 0.755. The molecule has 0 aromatic carbocycles. The summed E-state index contributed by atoms with van der Waals surface area (Å²) >= 11 is 0. The third-order valence-electron chi connectivity index (χ3n) is 3.56. The van der Waals surface area contributed by atoms with Crippen molar-refractivity contribution in [2.75, 3.05) is 6.54 Å². The highest BCUT2D eigenvalue weighted by Gasteiger charge is 2.31. The molecule has 1 aromatic rings. The zero-order chi connectivity index (χ0) is 15.4. The van der Waals surface area contributed by atoms with E-state index >= 15 is 0 Å². The lowest BCUT2D eigenvalue weighted by Gasteiger charge is -2.30. The van der Waals surface area contributed by atoms with Crippen LogP contribution in [0.4, 0.5) is 0 Å². The van der Waals surface area contributed by atoms with Gasteiger partial charge in [-0.15, -0.1) is 12.4 Å². The van der Waals surface area contributed by atoms with E-state index in [0.29, 0.717) is 18.8 Å². The van der Waals surface area contributed by atoms with Crippen molar-refractivity contribution in [3.05, 3.63) is 12.5 Å². The van der Waals surface area contributed by atoms with Crippen LogP contribution in [0.15, 0.2) is 17.6 Å². The lowest BCUT2D eigenvalue weighted by atomic mass is 9.95. The molecular weight excluding hydrogens is 312 g/mol. The number of hydrogen-bond acceptors (Lipinski definition) is 4. The normalized spacial score (nSPS) is 12.5. The number of nitrogens with one attached hydrogen (secondary N) is 1. The highest BCUT2D eigenvalue weighted by molar-refractivity contribution is 7.89. The maximum absolute atomic E-state index is 12.4. The first-order valence-electron chi connectivity index (χ1n) is 7.04. The molecule has 1 heterocycles. The first-order valence-corrected chi connectivity index (χ1v) is 8.52. The Balaban J connectivity index is 0.00000400. The Bertz CT molecular complexity index is 516. The van der Waals surface area contributed by atoms with Crippen molar-refractivity contribution in [3.63, 3.8) is 0 Å². The molecule has 3 N–H and O–H groups in total. The Morgan fingerprint density at radius 2 is 1.95 bits per heavy atom. The van der Waals surface area contributed by atoms with Crippen molar-refractivity contribution in [2.45, 2.75) is 57.6 Å². The van der Waals surface area contributed by atoms with Gasteiger partial charge in [0, 0.05) is 24.8 Å². The predicted molar refractivity (Wildman–Crippen MR) is 87.0 cm³/mol. The summed E-state index contributed by atoms with van der Waals surface area (Å²) < 4.78 is 29.3. The summed E-state index contributed by atoms with van der Waals surface area (Å²) in [7, 11) is -3.63. The topological polar surface area (TPSA) is 90.0 Å². The summed E-state index contributed by atoms with van der Waals surface area (Å²) in [5.41, 5.74) is 5.14. The zero-order valence-corrected chi connectivity index (χ0v) is 14.8. The van der Waals surface area contributed by atoms with E-state index in [1.165, 1.54) is 0 Å². The van der Waals surface area contributed by atoms with Crippen LogP contribution in [0.25, 0.3) is 0 Å². The Labute approximate surface area is 134 Å². The number of halogens is 1. The molecule has 0 saturated carbocycles. The third-order valence-corrected chi connectivity index (χ3v) is 5.02. The van der Waals surface area contributed by atoms with Gasteiger partial charge in [0.25, 0.3) is 10.0 Å². The van der Waals surface area contributed by atoms with E-state index < -0.39 is 15.6 Å². The molecule has 0 aliphatic rings. The molecule has 0 aliphatic carbocycles. The van der Waals surface area contributed by atoms with E-state index in [4.69, 9.17) is 5.73 Å². The number of nitrogens with two attached hydrogens (primary N) is 1. The van der Waals surface area contributed by atoms with E-state index in [0.717, 1.165) is 6.54 Å². The molecule has 0 fully saturated rings. The number of rotatable bonds is 8. The second-order valence-corrected chi connectivity index (χ2v) is 7.23. The number of aromatic nitrogens is 2. The van der Waals surface area contributed by atoms with Crippen molar-refractivity contribution >= 4 is 22.4 Å². The van der Waals surface area contributed by atoms with Crippen LogP contribution in [-0.4, -0.2) is 30.1 Å². The molecule has 21 heavy (non-hydrogen) atoms. The van der Waals surface area contributed by atoms with Gasteiger partial charge < -0.3 is 10.3 Å². The van der Waals surface area contributed by atoms with Gasteiger partial charge in [-0.25, -0.2) is 18.1 Å². The van der Waals surface area contributed by atoms with Gasteiger partial charge in [0.1, 0.15) is 0 Å². The Kier molecular flexibility index (Phi) is 7.88. The molecule has 1 rings (SSSR count). The Morgan fingerprint density at radius 3 is 2.38 bits per heavy atom. The Hall–Kier alpha value is -0.630. The molecule has 0 radical (unpaired) electrons. The number of hydrogen-bond donors (Lipinski definition) is 2. The maximum atomic E-state index is 12.4. The molecule has 0 amide bonds. The lowest BCUT2D eigenvalue weighted by Crippen LogP contribution is -2.52. The van der Waals surface area contributed by atoms with Gasteiger partial charge >= 0.3 is 0 Å². The van der Waals surface area contributed by atoms with Crippen molar-refractivity contribution in [1.82, 2.24) is 14.3 Å². The molecule has 0 unspecified atom stereocenters. The molecule has 0 saturated heterocycles. The van der Waals surface area contributed by atoms with E-state index in [-0.39, 0.29) is 24.0 Å². The second kappa shape index (κ2) is 8.12. The fraction of sp³-hybridized carbons (Fsp3) is 0.769. The summed E-state index contributed by atoms with van der Waals surface area (Å²) in [4.78, 5) is 4.00. The van der Waals surface area contributed by atoms with Crippen molar-refractivity contribution in [3.8, 4) is 0 Å². The molecule has 8 heteroatoms. The van der Waals surface area contributed by atoms with E-state index in [1.807, 2.05) is 13.8 Å². The molecule has 0 bridgehead atoms. The molecular formula is C13H27ClN4O2S. The maximum Gasteiger partial charge on any atom is 0.260 e. The monoisotopic (exact) mass is 338 g/mol. The first kappa shape index (κ1) is 20.4. The van der Waals surface area contributed by atoms with Crippen molar-refractivity contribution in [1.29, 1.82) is 0 Å². The molecule has 0 aliphatic heterocycles. The van der Waals surface area contributed by atoms with Crippen LogP contribution in [-0.2, 0) is 16.6 Å². The van der Waals surface area contributed by atoms with Crippen LogP contribution in [0, 0.1) is 5.92 Å². The lowest BCUT2D eigenvalue weighted by molar-refractivity contribution is 0.362. The van der Waals surface area contributed by atoms with Gasteiger partial charge in [-0.05, 0) is 18.8 Å². The van der Waals surface area contributed by atoms with Crippen molar-refractivity contribution < 1.29 is 8.42 Å². The van der Waals surface area contributed by atoms with Gasteiger partial charge in [-0.2, -0.15) is 0 Å². The molecule has 0 atom stereocenters. The minimum absolute atomic E-state index is 0. The van der Waals surface area contributed by atoms with Gasteiger partial charge in [0.15, 0.2) is 5.03 Å².